The second-order valence-corrected chi connectivity index (χ2v) is 9.14. The van der Waals surface area contributed by atoms with Crippen molar-refractivity contribution in [1.82, 2.24) is 4.31 Å². The van der Waals surface area contributed by atoms with E-state index in [9.17, 15) is 18.0 Å². The minimum Gasteiger partial charge on any atom is -0.447 e. The first-order valence-electron chi connectivity index (χ1n) is 9.09. The van der Waals surface area contributed by atoms with Gasteiger partial charge in [0.05, 0.1) is 10.8 Å². The Morgan fingerprint density at radius 1 is 1.03 bits per heavy atom. The molecule has 2 aromatic rings. The van der Waals surface area contributed by atoms with E-state index in [-0.39, 0.29) is 18.0 Å². The lowest BCUT2D eigenvalue weighted by Gasteiger charge is -2.30. The summed E-state index contributed by atoms with van der Waals surface area (Å²) in [5.41, 5.74) is 5.88. The number of carbonyl (C=O) groups is 2. The molecule has 0 aromatic heterocycles. The summed E-state index contributed by atoms with van der Waals surface area (Å²) in [7, 11) is -3.66. The second kappa shape index (κ2) is 8.94. The average Bonchev–Trinajstić information content (AvgIpc) is 2.72. The van der Waals surface area contributed by atoms with E-state index in [0.717, 1.165) is 0 Å². The summed E-state index contributed by atoms with van der Waals surface area (Å²) in [5, 5.41) is 0.452. The van der Waals surface area contributed by atoms with Crippen LogP contribution in [0.2, 0.25) is 5.02 Å². The van der Waals surface area contributed by atoms with Crippen molar-refractivity contribution in [3.63, 3.8) is 0 Å². The Morgan fingerprint density at radius 3 is 2.17 bits per heavy atom. The smallest absolute Gasteiger partial charge is 0.310 e. The van der Waals surface area contributed by atoms with Crippen LogP contribution in [0.4, 0.5) is 0 Å². The minimum absolute atomic E-state index is 0.154. The van der Waals surface area contributed by atoms with Gasteiger partial charge in [-0.05, 0) is 37.1 Å². The Morgan fingerprint density at radius 2 is 1.62 bits per heavy atom. The third kappa shape index (κ3) is 4.95. The third-order valence-corrected chi connectivity index (χ3v) is 7.00. The Hall–Kier alpha value is -2.42. The molecule has 2 N–H and O–H groups in total. The van der Waals surface area contributed by atoms with E-state index in [2.05, 4.69) is 0 Å². The van der Waals surface area contributed by atoms with E-state index >= 15 is 0 Å². The van der Waals surface area contributed by atoms with Crippen LogP contribution in [0.3, 0.4) is 0 Å². The van der Waals surface area contributed by atoms with Crippen LogP contribution in [0.15, 0.2) is 59.5 Å². The van der Waals surface area contributed by atoms with Crippen LogP contribution in [0.5, 0.6) is 0 Å². The van der Waals surface area contributed by atoms with E-state index < -0.39 is 33.9 Å². The van der Waals surface area contributed by atoms with Crippen molar-refractivity contribution in [2.24, 2.45) is 11.7 Å². The van der Waals surface area contributed by atoms with Gasteiger partial charge in [-0.15, -0.1) is 0 Å². The molecule has 1 aliphatic heterocycles. The van der Waals surface area contributed by atoms with Gasteiger partial charge in [0.1, 0.15) is 0 Å². The third-order valence-electron chi connectivity index (χ3n) is 4.83. The number of amides is 1. The Balaban J connectivity index is 1.63. The topological polar surface area (TPSA) is 107 Å². The molecule has 0 aliphatic carbocycles. The van der Waals surface area contributed by atoms with Crippen molar-refractivity contribution in [3.8, 4) is 0 Å². The lowest BCUT2D eigenvalue weighted by molar-refractivity contribution is -0.160. The van der Waals surface area contributed by atoms with Gasteiger partial charge in [0.15, 0.2) is 0 Å². The summed E-state index contributed by atoms with van der Waals surface area (Å²) in [6, 6.07) is 14.5. The quantitative estimate of drug-likeness (QED) is 0.700. The number of rotatable bonds is 6. The zero-order valence-electron chi connectivity index (χ0n) is 15.5. The van der Waals surface area contributed by atoms with Crippen molar-refractivity contribution < 1.29 is 22.7 Å². The lowest BCUT2D eigenvalue weighted by atomic mass is 9.98. The highest BCUT2D eigenvalue weighted by Crippen LogP contribution is 2.27. The standard InChI is InChI=1S/C20H21ClN2O5S/c21-16-6-8-17(9-7-16)29(26,27)23-12-10-15(11-13-23)20(25)28-18(19(22)24)14-4-2-1-3-5-14/h1-9,15,18H,10-13H2,(H2,22,24). The highest BCUT2D eigenvalue weighted by molar-refractivity contribution is 7.89. The van der Waals surface area contributed by atoms with Gasteiger partial charge in [0.2, 0.25) is 16.1 Å². The maximum Gasteiger partial charge on any atom is 0.310 e. The molecule has 1 amide bonds. The van der Waals surface area contributed by atoms with Crippen LogP contribution in [-0.2, 0) is 24.3 Å². The molecule has 0 saturated carbocycles. The number of primary amides is 1. The monoisotopic (exact) mass is 436 g/mol. The van der Waals surface area contributed by atoms with E-state index in [4.69, 9.17) is 22.1 Å². The van der Waals surface area contributed by atoms with Gasteiger partial charge in [0.25, 0.3) is 5.91 Å². The number of hydrogen-bond donors (Lipinski definition) is 1. The SMILES string of the molecule is NC(=O)C(OC(=O)C1CCN(S(=O)(=O)c2ccc(Cl)cc2)CC1)c1ccccc1. The number of benzene rings is 2. The molecule has 0 bridgehead atoms. The number of nitrogens with zero attached hydrogens (tertiary/aromatic N) is 1. The van der Waals surface area contributed by atoms with Crippen molar-refractivity contribution in [3.05, 3.63) is 65.2 Å². The second-order valence-electron chi connectivity index (χ2n) is 6.76. The minimum atomic E-state index is -3.66. The fraction of sp³-hybridized carbons (Fsp3) is 0.300. The molecule has 7 nitrogen and oxygen atoms in total. The van der Waals surface area contributed by atoms with Crippen molar-refractivity contribution in [2.45, 2.75) is 23.8 Å². The summed E-state index contributed by atoms with van der Waals surface area (Å²) in [5.74, 6) is -1.81. The van der Waals surface area contributed by atoms with Gasteiger partial charge in [0, 0.05) is 23.7 Å². The van der Waals surface area contributed by atoms with E-state index in [0.29, 0.717) is 23.4 Å². The number of esters is 1. The molecule has 3 rings (SSSR count). The predicted molar refractivity (Wildman–Crippen MR) is 107 cm³/mol. The molecular formula is C20H21ClN2O5S. The first-order chi connectivity index (χ1) is 13.8. The fourth-order valence-corrected chi connectivity index (χ4v) is 4.81. The Labute approximate surface area is 174 Å². The van der Waals surface area contributed by atoms with E-state index in [1.54, 1.807) is 30.3 Å². The van der Waals surface area contributed by atoms with Crippen LogP contribution in [0.1, 0.15) is 24.5 Å². The number of nitrogens with two attached hydrogens (primary N) is 1. The van der Waals surface area contributed by atoms with Crippen molar-refractivity contribution >= 4 is 33.5 Å². The number of piperidine rings is 1. The first-order valence-corrected chi connectivity index (χ1v) is 10.9. The van der Waals surface area contributed by atoms with Crippen LogP contribution >= 0.6 is 11.6 Å². The van der Waals surface area contributed by atoms with Gasteiger partial charge in [-0.25, -0.2) is 8.42 Å². The zero-order valence-corrected chi connectivity index (χ0v) is 17.1. The number of halogens is 1. The highest BCUT2D eigenvalue weighted by Gasteiger charge is 2.34. The van der Waals surface area contributed by atoms with Gasteiger partial charge in [-0.3, -0.25) is 9.59 Å². The summed E-state index contributed by atoms with van der Waals surface area (Å²) in [4.78, 5) is 24.4. The van der Waals surface area contributed by atoms with Crippen LogP contribution in [0, 0.1) is 5.92 Å². The zero-order chi connectivity index (χ0) is 21.0. The Bertz CT molecular complexity index is 972. The molecule has 1 unspecified atom stereocenters. The summed E-state index contributed by atoms with van der Waals surface area (Å²) < 4.78 is 32.2. The normalized spacial score (nSPS) is 16.9. The van der Waals surface area contributed by atoms with E-state index in [1.165, 1.54) is 28.6 Å². The number of sulfonamides is 1. The van der Waals surface area contributed by atoms with Crippen molar-refractivity contribution in [1.29, 1.82) is 0 Å². The maximum absolute atomic E-state index is 12.7. The maximum atomic E-state index is 12.7. The fourth-order valence-electron chi connectivity index (χ4n) is 3.22. The molecule has 154 valence electrons. The molecule has 0 spiro atoms. The first kappa shape index (κ1) is 21.3. The predicted octanol–water partition coefficient (Wildman–Crippen LogP) is 2.51. The van der Waals surface area contributed by atoms with Crippen LogP contribution in [-0.4, -0.2) is 37.7 Å². The van der Waals surface area contributed by atoms with Gasteiger partial charge in [-0.2, -0.15) is 4.31 Å². The Kier molecular flexibility index (Phi) is 6.56. The molecule has 1 fully saturated rings. The molecule has 29 heavy (non-hydrogen) atoms. The number of hydrogen-bond acceptors (Lipinski definition) is 5. The summed E-state index contributed by atoms with van der Waals surface area (Å²) >= 11 is 5.82. The molecule has 1 saturated heterocycles. The average molecular weight is 437 g/mol. The van der Waals surface area contributed by atoms with Crippen LogP contribution in [0.25, 0.3) is 0 Å². The molecule has 1 atom stereocenters. The van der Waals surface area contributed by atoms with Crippen LogP contribution < -0.4 is 5.73 Å². The largest absolute Gasteiger partial charge is 0.447 e. The van der Waals surface area contributed by atoms with Crippen molar-refractivity contribution in [2.75, 3.05) is 13.1 Å². The molecule has 1 aliphatic rings. The summed E-state index contributed by atoms with van der Waals surface area (Å²) in [6.07, 6.45) is -0.572. The molecule has 9 heteroatoms. The molecule has 1 heterocycles. The van der Waals surface area contributed by atoms with Gasteiger partial charge >= 0.3 is 5.97 Å². The highest BCUT2D eigenvalue weighted by atomic mass is 35.5. The number of ether oxygens (including phenoxy) is 1. The van der Waals surface area contributed by atoms with E-state index in [1.807, 2.05) is 0 Å². The molecule has 0 radical (unpaired) electrons. The molecule has 2 aromatic carbocycles. The molecular weight excluding hydrogens is 416 g/mol. The number of carbonyl (C=O) groups excluding carboxylic acids is 2. The van der Waals surface area contributed by atoms with Gasteiger partial charge in [-0.1, -0.05) is 41.9 Å². The lowest BCUT2D eigenvalue weighted by Crippen LogP contribution is -2.41. The summed E-state index contributed by atoms with van der Waals surface area (Å²) in [6.45, 7) is 0.356. The van der Waals surface area contributed by atoms with Gasteiger partial charge < -0.3 is 10.5 Å².